The molecule has 1 aromatic rings. The summed E-state index contributed by atoms with van der Waals surface area (Å²) in [6, 6.07) is 5.65. The number of benzene rings is 1. The third-order valence-electron chi connectivity index (χ3n) is 2.21. The van der Waals surface area contributed by atoms with E-state index in [1.807, 2.05) is 17.0 Å². The fraction of sp³-hybridized carbons (Fsp3) is 0.300. The van der Waals surface area contributed by atoms with E-state index >= 15 is 0 Å². The molecule has 0 saturated heterocycles. The zero-order valence-corrected chi connectivity index (χ0v) is 9.51. The molecule has 1 aliphatic heterocycles. The number of carbonyl (C=O) groups is 1. The lowest BCUT2D eigenvalue weighted by molar-refractivity contribution is -0.135. The Morgan fingerprint density at radius 3 is 3.13 bits per heavy atom. The first-order valence-electron chi connectivity index (χ1n) is 4.56. The minimum Gasteiger partial charge on any atom is -0.480 e. The van der Waals surface area contributed by atoms with Gasteiger partial charge in [0.05, 0.1) is 10.7 Å². The van der Waals surface area contributed by atoms with Crippen molar-refractivity contribution in [2.75, 3.05) is 23.7 Å². The van der Waals surface area contributed by atoms with Crippen molar-refractivity contribution in [1.82, 2.24) is 0 Å². The second kappa shape index (κ2) is 4.33. The summed E-state index contributed by atoms with van der Waals surface area (Å²) >= 11 is 7.79. The number of rotatable bonds is 2. The predicted molar refractivity (Wildman–Crippen MR) is 62.0 cm³/mol. The second-order valence-corrected chi connectivity index (χ2v) is 4.79. The van der Waals surface area contributed by atoms with Crippen LogP contribution in [-0.4, -0.2) is 29.9 Å². The number of halogens is 1. The maximum atomic E-state index is 10.7. The van der Waals surface area contributed by atoms with E-state index in [0.29, 0.717) is 5.02 Å². The highest BCUT2D eigenvalue weighted by molar-refractivity contribution is 7.99. The average molecular weight is 244 g/mol. The van der Waals surface area contributed by atoms with Crippen molar-refractivity contribution >= 4 is 35.0 Å². The number of anilines is 1. The molecular weight excluding hydrogens is 234 g/mol. The number of aliphatic carboxylic acids is 1. The van der Waals surface area contributed by atoms with Gasteiger partial charge in [0.25, 0.3) is 0 Å². The van der Waals surface area contributed by atoms with Gasteiger partial charge in [-0.3, -0.25) is 4.79 Å². The summed E-state index contributed by atoms with van der Waals surface area (Å²) in [5.74, 6) is 0.0773. The van der Waals surface area contributed by atoms with Crippen molar-refractivity contribution in [3.8, 4) is 0 Å². The number of carboxylic acid groups (broad SMARTS) is 1. The number of carboxylic acids is 1. The topological polar surface area (TPSA) is 40.5 Å². The number of thioether (sulfide) groups is 1. The minimum atomic E-state index is -0.826. The summed E-state index contributed by atoms with van der Waals surface area (Å²) in [6.07, 6.45) is 0. The van der Waals surface area contributed by atoms with Crippen LogP contribution in [0.4, 0.5) is 5.69 Å². The summed E-state index contributed by atoms with van der Waals surface area (Å²) in [6.45, 7) is 0.741. The van der Waals surface area contributed by atoms with Crippen LogP contribution in [0, 0.1) is 0 Å². The van der Waals surface area contributed by atoms with Gasteiger partial charge in [-0.15, -0.1) is 11.8 Å². The predicted octanol–water partition coefficient (Wildman–Crippen LogP) is 2.34. The Labute approximate surface area is 97.0 Å². The summed E-state index contributed by atoms with van der Waals surface area (Å²) in [5, 5.41) is 9.42. The van der Waals surface area contributed by atoms with Gasteiger partial charge in [-0.1, -0.05) is 17.7 Å². The quantitative estimate of drug-likeness (QED) is 0.866. The molecule has 0 aliphatic carbocycles. The smallest absolute Gasteiger partial charge is 0.323 e. The first kappa shape index (κ1) is 10.6. The molecule has 5 heteroatoms. The van der Waals surface area contributed by atoms with Crippen LogP contribution in [0.15, 0.2) is 23.1 Å². The van der Waals surface area contributed by atoms with Gasteiger partial charge in [0.2, 0.25) is 0 Å². The molecule has 0 fully saturated rings. The summed E-state index contributed by atoms with van der Waals surface area (Å²) < 4.78 is 0. The Bertz CT molecular complexity index is 397. The van der Waals surface area contributed by atoms with Crippen LogP contribution in [0.5, 0.6) is 0 Å². The third-order valence-corrected chi connectivity index (χ3v) is 3.54. The largest absolute Gasteiger partial charge is 0.480 e. The van der Waals surface area contributed by atoms with Crippen molar-refractivity contribution in [3.05, 3.63) is 23.2 Å². The van der Waals surface area contributed by atoms with E-state index in [1.165, 1.54) is 0 Å². The Morgan fingerprint density at radius 1 is 1.60 bits per heavy atom. The molecule has 0 unspecified atom stereocenters. The summed E-state index contributed by atoms with van der Waals surface area (Å²) in [5.41, 5.74) is 0.859. The van der Waals surface area contributed by atoms with Crippen LogP contribution in [0.1, 0.15) is 0 Å². The van der Waals surface area contributed by atoms with Gasteiger partial charge in [0.1, 0.15) is 6.54 Å². The Hall–Kier alpha value is -0.870. The highest BCUT2D eigenvalue weighted by Gasteiger charge is 2.21. The van der Waals surface area contributed by atoms with Gasteiger partial charge in [-0.2, -0.15) is 0 Å². The molecule has 3 nitrogen and oxygen atoms in total. The molecule has 2 rings (SSSR count). The summed E-state index contributed by atoms with van der Waals surface area (Å²) in [4.78, 5) is 13.6. The monoisotopic (exact) mass is 243 g/mol. The van der Waals surface area contributed by atoms with Gasteiger partial charge in [-0.25, -0.2) is 0 Å². The van der Waals surface area contributed by atoms with Crippen LogP contribution in [0.2, 0.25) is 5.02 Å². The van der Waals surface area contributed by atoms with Crippen molar-refractivity contribution in [2.24, 2.45) is 0 Å². The Balaban J connectivity index is 2.36. The van der Waals surface area contributed by atoms with Crippen LogP contribution >= 0.6 is 23.4 Å². The fourth-order valence-electron chi connectivity index (χ4n) is 1.62. The van der Waals surface area contributed by atoms with Gasteiger partial charge in [0, 0.05) is 17.2 Å². The van der Waals surface area contributed by atoms with E-state index in [-0.39, 0.29) is 6.54 Å². The lowest BCUT2D eigenvalue weighted by Gasteiger charge is -2.30. The SMILES string of the molecule is O=C(O)CN1CCSc2cccc(Cl)c21. The van der Waals surface area contributed by atoms with Gasteiger partial charge in [0.15, 0.2) is 0 Å². The van der Waals surface area contributed by atoms with Crippen LogP contribution in [-0.2, 0) is 4.79 Å². The fourth-order valence-corrected chi connectivity index (χ4v) is 3.05. The molecule has 0 radical (unpaired) electrons. The number of hydrogen-bond acceptors (Lipinski definition) is 3. The van der Waals surface area contributed by atoms with Gasteiger partial charge in [-0.05, 0) is 12.1 Å². The third kappa shape index (κ3) is 2.21. The number of fused-ring (bicyclic) bond motifs is 1. The lowest BCUT2D eigenvalue weighted by Crippen LogP contribution is -2.34. The average Bonchev–Trinajstić information content (AvgIpc) is 2.17. The number of para-hydroxylation sites is 1. The molecule has 1 N–H and O–H groups in total. The van der Waals surface area contributed by atoms with E-state index < -0.39 is 5.97 Å². The van der Waals surface area contributed by atoms with E-state index in [4.69, 9.17) is 16.7 Å². The molecule has 0 atom stereocenters. The first-order valence-corrected chi connectivity index (χ1v) is 5.93. The molecule has 1 heterocycles. The Morgan fingerprint density at radius 2 is 2.40 bits per heavy atom. The normalized spacial score (nSPS) is 14.9. The zero-order chi connectivity index (χ0) is 10.8. The molecule has 1 aromatic carbocycles. The van der Waals surface area contributed by atoms with Crippen molar-refractivity contribution in [3.63, 3.8) is 0 Å². The molecule has 0 bridgehead atoms. The van der Waals surface area contributed by atoms with Gasteiger partial charge >= 0.3 is 5.97 Å². The second-order valence-electron chi connectivity index (χ2n) is 3.25. The molecular formula is C10H10ClNO2S. The highest BCUT2D eigenvalue weighted by Crippen LogP contribution is 2.39. The zero-order valence-electron chi connectivity index (χ0n) is 7.94. The molecule has 0 aromatic heterocycles. The standard InChI is InChI=1S/C10H10ClNO2S/c11-7-2-1-3-8-10(7)12(4-5-15-8)6-9(13)14/h1-3H,4-6H2,(H,13,14). The summed E-state index contributed by atoms with van der Waals surface area (Å²) in [7, 11) is 0. The molecule has 0 spiro atoms. The van der Waals surface area contributed by atoms with Gasteiger partial charge < -0.3 is 10.0 Å². The van der Waals surface area contributed by atoms with Crippen molar-refractivity contribution in [2.45, 2.75) is 4.90 Å². The van der Waals surface area contributed by atoms with E-state index in [9.17, 15) is 4.79 Å². The van der Waals surface area contributed by atoms with E-state index in [1.54, 1.807) is 17.8 Å². The van der Waals surface area contributed by atoms with E-state index in [2.05, 4.69) is 0 Å². The molecule has 15 heavy (non-hydrogen) atoms. The van der Waals surface area contributed by atoms with Crippen LogP contribution in [0.3, 0.4) is 0 Å². The van der Waals surface area contributed by atoms with E-state index in [0.717, 1.165) is 22.9 Å². The van der Waals surface area contributed by atoms with Crippen molar-refractivity contribution < 1.29 is 9.90 Å². The molecule has 0 saturated carbocycles. The number of hydrogen-bond donors (Lipinski definition) is 1. The first-order chi connectivity index (χ1) is 7.18. The lowest BCUT2D eigenvalue weighted by atomic mass is 10.2. The number of nitrogens with zero attached hydrogens (tertiary/aromatic N) is 1. The molecule has 0 amide bonds. The maximum Gasteiger partial charge on any atom is 0.323 e. The maximum absolute atomic E-state index is 10.7. The van der Waals surface area contributed by atoms with Crippen LogP contribution in [0.25, 0.3) is 0 Å². The minimum absolute atomic E-state index is 0.0112. The van der Waals surface area contributed by atoms with Crippen LogP contribution < -0.4 is 4.90 Å². The highest BCUT2D eigenvalue weighted by atomic mass is 35.5. The Kier molecular flexibility index (Phi) is 3.07. The molecule has 80 valence electrons. The van der Waals surface area contributed by atoms with Crippen molar-refractivity contribution in [1.29, 1.82) is 0 Å². The molecule has 1 aliphatic rings.